The fourth-order valence-corrected chi connectivity index (χ4v) is 1.81. The molecule has 2 N–H and O–H groups in total. The summed E-state index contributed by atoms with van der Waals surface area (Å²) in [6.45, 7) is 0.445. The molecule has 4 nitrogen and oxygen atoms in total. The van der Waals surface area contributed by atoms with Crippen LogP contribution in [0.15, 0.2) is 27.2 Å². The van der Waals surface area contributed by atoms with Crippen molar-refractivity contribution >= 4 is 26.8 Å². The number of hydrogen-bond acceptors (Lipinski definition) is 4. The molecule has 0 amide bonds. The summed E-state index contributed by atoms with van der Waals surface area (Å²) in [5, 5.41) is 17.4. The second-order valence-corrected chi connectivity index (χ2v) is 4.20. The number of aromatic nitrogens is 1. The standard InChI is InChI=1S/C10H11BrN2O2/c1-12-5-9(14)10-7-3-2-6(11)4-8(7)13-15-10/h2-4,9,12,14H,5H2,1H3. The lowest BCUT2D eigenvalue weighted by molar-refractivity contribution is 0.142. The fourth-order valence-electron chi connectivity index (χ4n) is 1.46. The highest BCUT2D eigenvalue weighted by atomic mass is 79.9. The van der Waals surface area contributed by atoms with Crippen LogP contribution in [0.25, 0.3) is 10.9 Å². The Morgan fingerprint density at radius 3 is 3.13 bits per heavy atom. The molecule has 0 spiro atoms. The van der Waals surface area contributed by atoms with Crippen molar-refractivity contribution in [1.29, 1.82) is 0 Å². The number of likely N-dealkylation sites (N-methyl/N-ethyl adjacent to an activating group) is 1. The molecule has 5 heteroatoms. The summed E-state index contributed by atoms with van der Waals surface area (Å²) in [6.07, 6.45) is -0.666. The molecule has 1 unspecified atom stereocenters. The second kappa shape index (κ2) is 4.30. The number of aliphatic hydroxyl groups excluding tert-OH is 1. The summed E-state index contributed by atoms with van der Waals surface area (Å²) in [4.78, 5) is 0. The fraction of sp³-hybridized carbons (Fsp3) is 0.300. The molecule has 0 saturated heterocycles. The van der Waals surface area contributed by atoms with E-state index in [1.54, 1.807) is 7.05 Å². The van der Waals surface area contributed by atoms with Crippen LogP contribution in [0.1, 0.15) is 11.9 Å². The van der Waals surface area contributed by atoms with Gasteiger partial charge in [0.05, 0.1) is 0 Å². The molecule has 0 aliphatic rings. The van der Waals surface area contributed by atoms with Gasteiger partial charge in [0.15, 0.2) is 5.76 Å². The van der Waals surface area contributed by atoms with Crippen LogP contribution < -0.4 is 5.32 Å². The van der Waals surface area contributed by atoms with Gasteiger partial charge in [-0.3, -0.25) is 0 Å². The summed E-state index contributed by atoms with van der Waals surface area (Å²) < 4.78 is 6.07. The third-order valence-corrected chi connectivity index (χ3v) is 2.66. The Morgan fingerprint density at radius 2 is 2.40 bits per heavy atom. The van der Waals surface area contributed by atoms with Gasteiger partial charge in [0.25, 0.3) is 0 Å². The van der Waals surface area contributed by atoms with Gasteiger partial charge in [-0.2, -0.15) is 0 Å². The lowest BCUT2D eigenvalue weighted by atomic mass is 10.1. The molecule has 15 heavy (non-hydrogen) atoms. The van der Waals surface area contributed by atoms with Crippen molar-refractivity contribution < 1.29 is 9.63 Å². The molecule has 0 saturated carbocycles. The minimum Gasteiger partial charge on any atom is -0.384 e. The first-order valence-electron chi connectivity index (χ1n) is 4.60. The maximum atomic E-state index is 9.77. The lowest BCUT2D eigenvalue weighted by Gasteiger charge is -2.05. The Morgan fingerprint density at radius 1 is 1.60 bits per heavy atom. The smallest absolute Gasteiger partial charge is 0.174 e. The first kappa shape index (κ1) is 10.6. The topological polar surface area (TPSA) is 58.3 Å². The summed E-state index contributed by atoms with van der Waals surface area (Å²) in [5.74, 6) is 0.506. The van der Waals surface area contributed by atoms with Crippen LogP contribution in [-0.2, 0) is 0 Å². The normalized spacial score (nSPS) is 13.3. The van der Waals surface area contributed by atoms with Gasteiger partial charge in [-0.15, -0.1) is 0 Å². The number of nitrogens with one attached hydrogen (secondary N) is 1. The van der Waals surface area contributed by atoms with Gasteiger partial charge in [0.1, 0.15) is 11.6 Å². The van der Waals surface area contributed by atoms with Crippen molar-refractivity contribution in [1.82, 2.24) is 10.5 Å². The predicted molar refractivity (Wildman–Crippen MR) is 60.6 cm³/mol. The first-order chi connectivity index (χ1) is 7.22. The van der Waals surface area contributed by atoms with Crippen molar-refractivity contribution in [3.05, 3.63) is 28.4 Å². The highest BCUT2D eigenvalue weighted by Gasteiger charge is 2.16. The molecule has 0 aliphatic heterocycles. The minimum absolute atomic E-state index is 0.445. The van der Waals surface area contributed by atoms with Crippen LogP contribution in [0, 0.1) is 0 Å². The minimum atomic E-state index is -0.666. The van der Waals surface area contributed by atoms with E-state index in [9.17, 15) is 5.11 Å². The largest absolute Gasteiger partial charge is 0.384 e. The molecule has 2 rings (SSSR count). The summed E-state index contributed by atoms with van der Waals surface area (Å²) >= 11 is 3.35. The van der Waals surface area contributed by atoms with E-state index >= 15 is 0 Å². The molecule has 0 fully saturated rings. The van der Waals surface area contributed by atoms with E-state index in [2.05, 4.69) is 26.4 Å². The molecular weight excluding hydrogens is 260 g/mol. The van der Waals surface area contributed by atoms with Crippen molar-refractivity contribution in [3.8, 4) is 0 Å². The third-order valence-electron chi connectivity index (χ3n) is 2.17. The van der Waals surface area contributed by atoms with E-state index in [1.165, 1.54) is 0 Å². The lowest BCUT2D eigenvalue weighted by Crippen LogP contribution is -2.16. The van der Waals surface area contributed by atoms with Gasteiger partial charge in [-0.25, -0.2) is 0 Å². The second-order valence-electron chi connectivity index (χ2n) is 3.28. The van der Waals surface area contributed by atoms with Crippen molar-refractivity contribution in [3.63, 3.8) is 0 Å². The van der Waals surface area contributed by atoms with E-state index in [0.29, 0.717) is 12.3 Å². The van der Waals surface area contributed by atoms with Gasteiger partial charge in [0.2, 0.25) is 0 Å². The van der Waals surface area contributed by atoms with E-state index < -0.39 is 6.10 Å². The Bertz CT molecular complexity index is 469. The van der Waals surface area contributed by atoms with Gasteiger partial charge in [0, 0.05) is 16.4 Å². The van der Waals surface area contributed by atoms with Crippen LogP contribution in [-0.4, -0.2) is 23.9 Å². The number of halogens is 1. The molecule has 0 radical (unpaired) electrons. The zero-order valence-electron chi connectivity index (χ0n) is 8.20. The summed E-state index contributed by atoms with van der Waals surface area (Å²) in [6, 6.07) is 5.63. The highest BCUT2D eigenvalue weighted by molar-refractivity contribution is 9.10. The third kappa shape index (κ3) is 2.04. The maximum absolute atomic E-state index is 9.77. The molecule has 1 atom stereocenters. The monoisotopic (exact) mass is 270 g/mol. The van der Waals surface area contributed by atoms with Crippen LogP contribution in [0.2, 0.25) is 0 Å². The Labute approximate surface area is 95.4 Å². The molecule has 80 valence electrons. The zero-order chi connectivity index (χ0) is 10.8. The number of rotatable bonds is 3. The summed E-state index contributed by atoms with van der Waals surface area (Å²) in [7, 11) is 1.78. The van der Waals surface area contributed by atoms with Gasteiger partial charge in [-0.1, -0.05) is 21.1 Å². The van der Waals surface area contributed by atoms with Crippen molar-refractivity contribution in [2.45, 2.75) is 6.10 Å². The summed E-state index contributed by atoms with van der Waals surface area (Å²) in [5.41, 5.74) is 0.745. The predicted octanol–water partition coefficient (Wildman–Crippen LogP) is 1.84. The quantitative estimate of drug-likeness (QED) is 0.894. The molecule has 1 heterocycles. The Hall–Kier alpha value is -0.910. The molecule has 0 bridgehead atoms. The van der Waals surface area contributed by atoms with Crippen molar-refractivity contribution in [2.75, 3.05) is 13.6 Å². The van der Waals surface area contributed by atoms with Gasteiger partial charge < -0.3 is 14.9 Å². The maximum Gasteiger partial charge on any atom is 0.174 e. The van der Waals surface area contributed by atoms with Crippen LogP contribution in [0.5, 0.6) is 0 Å². The Balaban J connectivity index is 2.44. The number of hydrogen-bond donors (Lipinski definition) is 2. The van der Waals surface area contributed by atoms with E-state index in [0.717, 1.165) is 15.4 Å². The van der Waals surface area contributed by atoms with Crippen LogP contribution >= 0.6 is 15.9 Å². The van der Waals surface area contributed by atoms with E-state index in [-0.39, 0.29) is 0 Å². The van der Waals surface area contributed by atoms with Gasteiger partial charge >= 0.3 is 0 Å². The van der Waals surface area contributed by atoms with E-state index in [1.807, 2.05) is 18.2 Å². The Kier molecular flexibility index (Phi) is 3.04. The average Bonchev–Trinajstić information content (AvgIpc) is 2.60. The molecule has 1 aromatic heterocycles. The number of fused-ring (bicyclic) bond motifs is 1. The van der Waals surface area contributed by atoms with Gasteiger partial charge in [-0.05, 0) is 25.2 Å². The number of nitrogens with zero attached hydrogens (tertiary/aromatic N) is 1. The first-order valence-corrected chi connectivity index (χ1v) is 5.39. The molecular formula is C10H11BrN2O2. The average molecular weight is 271 g/mol. The van der Waals surface area contributed by atoms with Crippen LogP contribution in [0.3, 0.4) is 0 Å². The SMILES string of the molecule is CNCC(O)c1onc2cc(Br)ccc12. The zero-order valence-corrected chi connectivity index (χ0v) is 9.78. The molecule has 2 aromatic rings. The highest BCUT2D eigenvalue weighted by Crippen LogP contribution is 2.26. The van der Waals surface area contributed by atoms with E-state index in [4.69, 9.17) is 4.52 Å². The van der Waals surface area contributed by atoms with Crippen molar-refractivity contribution in [2.24, 2.45) is 0 Å². The number of benzene rings is 1. The molecule has 1 aromatic carbocycles. The van der Waals surface area contributed by atoms with Crippen LogP contribution in [0.4, 0.5) is 0 Å². The number of aliphatic hydroxyl groups is 1. The molecule has 0 aliphatic carbocycles.